The van der Waals surface area contributed by atoms with Crippen LogP contribution < -0.4 is 4.72 Å². The number of rotatable bonds is 9. The molecule has 16 heavy (non-hydrogen) atoms. The molecule has 0 unspecified atom stereocenters. The quantitative estimate of drug-likeness (QED) is 0.572. The van der Waals surface area contributed by atoms with Gasteiger partial charge in [0.15, 0.2) is 0 Å². The highest BCUT2D eigenvalue weighted by Crippen LogP contribution is 1.94. The minimum absolute atomic E-state index is 0.0662. The number of sulfonamides is 1. The first kappa shape index (κ1) is 15.3. The average Bonchev–Trinajstić information content (AvgIpc) is 2.11. The third-order valence-electron chi connectivity index (χ3n) is 1.68. The number of nitrogens with one attached hydrogen (secondary N) is 1. The standard InChI is InChI=1S/C9H19NO5S/c1-8(2)15-6-5-10-16(13,14)7-3-4-9(11)12/h8,10H,3-7H2,1-2H3,(H,11,12). The minimum Gasteiger partial charge on any atom is -0.481 e. The van der Waals surface area contributed by atoms with Gasteiger partial charge in [-0.2, -0.15) is 0 Å². The molecule has 0 amide bonds. The predicted octanol–water partition coefficient (Wildman–Crippen LogP) is 0.196. The Bertz CT molecular complexity index is 299. The first-order chi connectivity index (χ1) is 7.33. The second-order valence-electron chi connectivity index (χ2n) is 3.63. The molecule has 0 aromatic heterocycles. The van der Waals surface area contributed by atoms with Gasteiger partial charge >= 0.3 is 5.97 Å². The Balaban J connectivity index is 3.67. The Labute approximate surface area is 96.0 Å². The second kappa shape index (κ2) is 7.59. The lowest BCUT2D eigenvalue weighted by atomic mass is 10.3. The van der Waals surface area contributed by atoms with E-state index in [-0.39, 0.29) is 31.2 Å². The maximum atomic E-state index is 11.3. The van der Waals surface area contributed by atoms with Crippen molar-refractivity contribution in [1.82, 2.24) is 4.72 Å². The summed E-state index contributed by atoms with van der Waals surface area (Å²) in [5.41, 5.74) is 0. The van der Waals surface area contributed by atoms with Crippen molar-refractivity contribution < 1.29 is 23.1 Å². The lowest BCUT2D eigenvalue weighted by Gasteiger charge is -2.08. The summed E-state index contributed by atoms with van der Waals surface area (Å²) in [4.78, 5) is 10.2. The Kier molecular flexibility index (Phi) is 7.27. The van der Waals surface area contributed by atoms with E-state index in [1.165, 1.54) is 0 Å². The third kappa shape index (κ3) is 9.88. The van der Waals surface area contributed by atoms with E-state index in [2.05, 4.69) is 4.72 Å². The fraction of sp³-hybridized carbons (Fsp3) is 0.889. The summed E-state index contributed by atoms with van der Waals surface area (Å²) in [7, 11) is -3.37. The molecule has 7 heteroatoms. The molecular formula is C9H19NO5S. The first-order valence-corrected chi connectivity index (χ1v) is 6.79. The summed E-state index contributed by atoms with van der Waals surface area (Å²) in [5, 5.41) is 8.35. The zero-order valence-corrected chi connectivity index (χ0v) is 10.4. The number of hydrogen-bond acceptors (Lipinski definition) is 4. The maximum absolute atomic E-state index is 11.3. The SMILES string of the molecule is CC(C)OCCNS(=O)(=O)CCCC(=O)O. The van der Waals surface area contributed by atoms with Crippen molar-refractivity contribution in [1.29, 1.82) is 0 Å². The highest BCUT2D eigenvalue weighted by molar-refractivity contribution is 7.89. The van der Waals surface area contributed by atoms with Gasteiger partial charge in [-0.1, -0.05) is 0 Å². The van der Waals surface area contributed by atoms with Gasteiger partial charge < -0.3 is 9.84 Å². The van der Waals surface area contributed by atoms with Crippen LogP contribution in [0.3, 0.4) is 0 Å². The topological polar surface area (TPSA) is 92.7 Å². The lowest BCUT2D eigenvalue weighted by Crippen LogP contribution is -2.30. The highest BCUT2D eigenvalue weighted by atomic mass is 32.2. The summed E-state index contributed by atoms with van der Waals surface area (Å²) in [6.45, 7) is 4.26. The van der Waals surface area contributed by atoms with Crippen molar-refractivity contribution in [2.75, 3.05) is 18.9 Å². The Morgan fingerprint density at radius 3 is 2.56 bits per heavy atom. The molecule has 0 fully saturated rings. The van der Waals surface area contributed by atoms with Gasteiger partial charge in [0.2, 0.25) is 10.0 Å². The molecule has 0 saturated carbocycles. The fourth-order valence-electron chi connectivity index (χ4n) is 0.977. The van der Waals surface area contributed by atoms with Gasteiger partial charge in [0.1, 0.15) is 0 Å². The molecular weight excluding hydrogens is 234 g/mol. The summed E-state index contributed by atoms with van der Waals surface area (Å²) >= 11 is 0. The van der Waals surface area contributed by atoms with Gasteiger partial charge in [-0.05, 0) is 20.3 Å². The van der Waals surface area contributed by atoms with Crippen molar-refractivity contribution in [3.63, 3.8) is 0 Å². The van der Waals surface area contributed by atoms with Crippen LogP contribution in [0, 0.1) is 0 Å². The van der Waals surface area contributed by atoms with E-state index in [0.29, 0.717) is 6.61 Å². The number of carboxylic acids is 1. The Morgan fingerprint density at radius 1 is 1.44 bits per heavy atom. The number of hydrogen-bond donors (Lipinski definition) is 2. The van der Waals surface area contributed by atoms with E-state index in [1.54, 1.807) is 0 Å². The summed E-state index contributed by atoms with van der Waals surface area (Å²) in [6.07, 6.45) is 0.0514. The van der Waals surface area contributed by atoms with Gasteiger partial charge in [-0.15, -0.1) is 0 Å². The molecule has 0 aliphatic carbocycles. The van der Waals surface area contributed by atoms with Crippen LogP contribution in [-0.2, 0) is 19.6 Å². The molecule has 0 saturated heterocycles. The largest absolute Gasteiger partial charge is 0.481 e. The Hall–Kier alpha value is -0.660. The molecule has 0 aromatic carbocycles. The molecule has 96 valence electrons. The van der Waals surface area contributed by atoms with Crippen LogP contribution >= 0.6 is 0 Å². The smallest absolute Gasteiger partial charge is 0.303 e. The molecule has 0 radical (unpaired) electrons. The van der Waals surface area contributed by atoms with E-state index < -0.39 is 16.0 Å². The third-order valence-corrected chi connectivity index (χ3v) is 3.15. The van der Waals surface area contributed by atoms with Crippen LogP contribution in [0.15, 0.2) is 0 Å². The molecule has 0 aromatic rings. The normalized spacial score (nSPS) is 11.9. The van der Waals surface area contributed by atoms with Crippen LogP contribution in [0.25, 0.3) is 0 Å². The molecule has 0 aliphatic heterocycles. The van der Waals surface area contributed by atoms with Gasteiger partial charge in [0.25, 0.3) is 0 Å². The van der Waals surface area contributed by atoms with Crippen LogP contribution in [0.2, 0.25) is 0 Å². The van der Waals surface area contributed by atoms with E-state index in [4.69, 9.17) is 9.84 Å². The monoisotopic (exact) mass is 253 g/mol. The van der Waals surface area contributed by atoms with Crippen molar-refractivity contribution >= 4 is 16.0 Å². The zero-order valence-electron chi connectivity index (χ0n) is 9.60. The van der Waals surface area contributed by atoms with E-state index in [9.17, 15) is 13.2 Å². The molecule has 0 atom stereocenters. The van der Waals surface area contributed by atoms with Crippen molar-refractivity contribution in [2.45, 2.75) is 32.8 Å². The fourth-order valence-corrected chi connectivity index (χ4v) is 2.04. The summed E-state index contributed by atoms with van der Waals surface area (Å²) in [6, 6.07) is 0. The minimum atomic E-state index is -3.37. The van der Waals surface area contributed by atoms with Crippen LogP contribution in [0.5, 0.6) is 0 Å². The van der Waals surface area contributed by atoms with E-state index in [0.717, 1.165) is 0 Å². The van der Waals surface area contributed by atoms with Crippen molar-refractivity contribution in [3.8, 4) is 0 Å². The van der Waals surface area contributed by atoms with Gasteiger partial charge in [-0.25, -0.2) is 13.1 Å². The van der Waals surface area contributed by atoms with Crippen LogP contribution in [0.1, 0.15) is 26.7 Å². The molecule has 0 rings (SSSR count). The Morgan fingerprint density at radius 2 is 2.06 bits per heavy atom. The number of carboxylic acid groups (broad SMARTS) is 1. The summed E-state index contributed by atoms with van der Waals surface area (Å²) < 4.78 is 30.1. The van der Waals surface area contributed by atoms with Crippen molar-refractivity contribution in [2.24, 2.45) is 0 Å². The maximum Gasteiger partial charge on any atom is 0.303 e. The highest BCUT2D eigenvalue weighted by Gasteiger charge is 2.10. The van der Waals surface area contributed by atoms with Gasteiger partial charge in [-0.3, -0.25) is 4.79 Å². The van der Waals surface area contributed by atoms with E-state index in [1.807, 2.05) is 13.8 Å². The van der Waals surface area contributed by atoms with Gasteiger partial charge in [0.05, 0.1) is 18.5 Å². The molecule has 0 spiro atoms. The molecule has 0 bridgehead atoms. The van der Waals surface area contributed by atoms with E-state index >= 15 is 0 Å². The number of ether oxygens (including phenoxy) is 1. The summed E-state index contributed by atoms with van der Waals surface area (Å²) in [5.74, 6) is -1.15. The number of aliphatic carboxylic acids is 1. The zero-order chi connectivity index (χ0) is 12.6. The first-order valence-electron chi connectivity index (χ1n) is 5.14. The van der Waals surface area contributed by atoms with Crippen molar-refractivity contribution in [3.05, 3.63) is 0 Å². The van der Waals surface area contributed by atoms with Crippen LogP contribution in [-0.4, -0.2) is 44.5 Å². The molecule has 2 N–H and O–H groups in total. The molecule has 6 nitrogen and oxygen atoms in total. The lowest BCUT2D eigenvalue weighted by molar-refractivity contribution is -0.137. The average molecular weight is 253 g/mol. The predicted molar refractivity (Wildman–Crippen MR) is 59.7 cm³/mol. The molecule has 0 heterocycles. The molecule has 0 aliphatic rings. The van der Waals surface area contributed by atoms with Crippen LogP contribution in [0.4, 0.5) is 0 Å². The van der Waals surface area contributed by atoms with Gasteiger partial charge in [0, 0.05) is 13.0 Å². The number of carbonyl (C=O) groups is 1. The second-order valence-corrected chi connectivity index (χ2v) is 5.56.